The maximum absolute atomic E-state index is 13.2. The average molecular weight is 486 g/mol. The van der Waals surface area contributed by atoms with E-state index in [0.717, 1.165) is 6.07 Å². The second kappa shape index (κ2) is 9.48. The third-order valence-electron chi connectivity index (χ3n) is 4.76. The van der Waals surface area contributed by atoms with Crippen molar-refractivity contribution in [3.8, 4) is 11.4 Å². The van der Waals surface area contributed by atoms with Crippen LogP contribution in [0.4, 0.5) is 18.9 Å². The molecule has 34 heavy (non-hydrogen) atoms. The molecule has 0 unspecified atom stereocenters. The summed E-state index contributed by atoms with van der Waals surface area (Å²) < 4.78 is 44.8. The highest BCUT2D eigenvalue weighted by Gasteiger charge is 2.34. The van der Waals surface area contributed by atoms with Crippen molar-refractivity contribution >= 4 is 40.1 Å². The third-order valence-corrected chi connectivity index (χ3v) is 4.99. The Hall–Kier alpha value is -3.98. The van der Waals surface area contributed by atoms with E-state index in [2.05, 4.69) is 15.3 Å². The number of ether oxygens (including phenoxy) is 1. The summed E-state index contributed by atoms with van der Waals surface area (Å²) in [7, 11) is 0. The number of carbonyl (C=O) groups is 2. The summed E-state index contributed by atoms with van der Waals surface area (Å²) in [5.41, 5.74) is -0.00160. The molecule has 0 aliphatic carbocycles. The number of hydrogen-bond donors (Lipinski definition) is 1. The summed E-state index contributed by atoms with van der Waals surface area (Å²) in [5, 5.41) is 2.46. The molecule has 0 fully saturated rings. The topological polar surface area (TPSA) is 81.2 Å². The maximum Gasteiger partial charge on any atom is 0.418 e. The van der Waals surface area contributed by atoms with Gasteiger partial charge < -0.3 is 10.1 Å². The smallest absolute Gasteiger partial charge is 0.418 e. The van der Waals surface area contributed by atoms with Crippen LogP contribution in [0.15, 0.2) is 72.9 Å². The third kappa shape index (κ3) is 5.15. The van der Waals surface area contributed by atoms with E-state index in [1.54, 1.807) is 48.7 Å². The highest BCUT2D eigenvalue weighted by atomic mass is 35.5. The summed E-state index contributed by atoms with van der Waals surface area (Å²) in [6.07, 6.45) is -3.15. The number of esters is 1. The number of para-hydroxylation sites is 1. The number of aromatic nitrogens is 2. The lowest BCUT2D eigenvalue weighted by atomic mass is 10.1. The lowest BCUT2D eigenvalue weighted by molar-refractivity contribution is -0.137. The van der Waals surface area contributed by atoms with Gasteiger partial charge in [-0.15, -0.1) is 0 Å². The van der Waals surface area contributed by atoms with Crippen molar-refractivity contribution < 1.29 is 27.5 Å². The molecule has 0 bridgehead atoms. The predicted octanol–water partition coefficient (Wildman–Crippen LogP) is 5.76. The summed E-state index contributed by atoms with van der Waals surface area (Å²) in [6.45, 7) is -0.797. The first-order valence-corrected chi connectivity index (χ1v) is 10.2. The van der Waals surface area contributed by atoms with Gasteiger partial charge in [-0.25, -0.2) is 9.78 Å². The van der Waals surface area contributed by atoms with E-state index in [9.17, 15) is 22.8 Å². The van der Waals surface area contributed by atoms with Crippen molar-refractivity contribution in [3.63, 3.8) is 0 Å². The number of amides is 1. The largest absolute Gasteiger partial charge is 0.452 e. The van der Waals surface area contributed by atoms with Gasteiger partial charge in [-0.3, -0.25) is 9.78 Å². The van der Waals surface area contributed by atoms with E-state index < -0.39 is 35.9 Å². The summed E-state index contributed by atoms with van der Waals surface area (Å²) in [6, 6.07) is 16.5. The number of anilines is 1. The van der Waals surface area contributed by atoms with Crippen molar-refractivity contribution in [3.05, 3.63) is 89.1 Å². The molecule has 2 aromatic heterocycles. The fourth-order valence-electron chi connectivity index (χ4n) is 3.24. The Morgan fingerprint density at radius 1 is 0.971 bits per heavy atom. The molecule has 1 N–H and O–H groups in total. The Morgan fingerprint density at radius 2 is 1.74 bits per heavy atom. The fraction of sp³-hybridized carbons (Fsp3) is 0.0833. The Labute approximate surface area is 196 Å². The summed E-state index contributed by atoms with van der Waals surface area (Å²) in [4.78, 5) is 33.8. The van der Waals surface area contributed by atoms with Crippen LogP contribution >= 0.6 is 11.6 Å². The quantitative estimate of drug-likeness (QED) is 0.363. The van der Waals surface area contributed by atoms with Crippen LogP contribution in [0.1, 0.15) is 15.9 Å². The van der Waals surface area contributed by atoms with E-state index in [0.29, 0.717) is 28.4 Å². The standard InChI is InChI=1S/C24H15ClF3N3O3/c25-14-8-9-19(17(11-14)24(26,27)28)31-22(32)13-34-23(33)16-12-21(20-7-3-4-10-29-20)30-18-6-2-1-5-15(16)18/h1-12H,13H2,(H,31,32). The van der Waals surface area contributed by atoms with Gasteiger partial charge in [-0.1, -0.05) is 35.9 Å². The molecule has 0 atom stereocenters. The zero-order valence-electron chi connectivity index (χ0n) is 17.3. The van der Waals surface area contributed by atoms with Gasteiger partial charge in [0, 0.05) is 16.6 Å². The number of nitrogens with one attached hydrogen (secondary N) is 1. The number of carbonyl (C=O) groups excluding carboxylic acids is 2. The van der Waals surface area contributed by atoms with E-state index in [-0.39, 0.29) is 10.6 Å². The van der Waals surface area contributed by atoms with Gasteiger partial charge in [0.1, 0.15) is 0 Å². The highest BCUT2D eigenvalue weighted by Crippen LogP contribution is 2.36. The Bertz CT molecular complexity index is 1380. The van der Waals surface area contributed by atoms with Crippen LogP contribution < -0.4 is 5.32 Å². The van der Waals surface area contributed by atoms with Crippen molar-refractivity contribution in [1.29, 1.82) is 0 Å². The normalized spacial score (nSPS) is 11.3. The highest BCUT2D eigenvalue weighted by molar-refractivity contribution is 6.30. The number of rotatable bonds is 5. The molecule has 6 nitrogen and oxygen atoms in total. The lowest BCUT2D eigenvalue weighted by Gasteiger charge is -2.14. The van der Waals surface area contributed by atoms with E-state index in [1.165, 1.54) is 12.1 Å². The monoisotopic (exact) mass is 485 g/mol. The molecule has 2 heterocycles. The maximum atomic E-state index is 13.2. The molecule has 4 aromatic rings. The number of pyridine rings is 2. The molecule has 0 aliphatic heterocycles. The molecule has 172 valence electrons. The van der Waals surface area contributed by atoms with Crippen molar-refractivity contribution in [2.45, 2.75) is 6.18 Å². The number of nitrogens with zero attached hydrogens (tertiary/aromatic N) is 2. The first kappa shape index (κ1) is 23.2. The van der Waals surface area contributed by atoms with E-state index >= 15 is 0 Å². The molecule has 0 saturated heterocycles. The predicted molar refractivity (Wildman–Crippen MR) is 120 cm³/mol. The number of fused-ring (bicyclic) bond motifs is 1. The molecular formula is C24H15ClF3N3O3. The number of benzene rings is 2. The minimum atomic E-state index is -4.73. The second-order valence-corrected chi connectivity index (χ2v) is 7.54. The molecule has 0 radical (unpaired) electrons. The van der Waals surface area contributed by atoms with Gasteiger partial charge in [0.25, 0.3) is 5.91 Å². The van der Waals surface area contributed by atoms with Crippen LogP contribution in [-0.4, -0.2) is 28.5 Å². The lowest BCUT2D eigenvalue weighted by Crippen LogP contribution is -2.23. The molecule has 0 saturated carbocycles. The number of halogens is 4. The van der Waals surface area contributed by atoms with Crippen LogP contribution in [0.3, 0.4) is 0 Å². The molecule has 10 heteroatoms. The molecule has 1 amide bonds. The van der Waals surface area contributed by atoms with Gasteiger partial charge in [-0.05, 0) is 42.5 Å². The number of hydrogen-bond acceptors (Lipinski definition) is 5. The molecular weight excluding hydrogens is 471 g/mol. The fourth-order valence-corrected chi connectivity index (χ4v) is 3.42. The molecule has 4 rings (SSSR count). The SMILES string of the molecule is O=C(COC(=O)c1cc(-c2ccccn2)nc2ccccc12)Nc1ccc(Cl)cc1C(F)(F)F. The summed E-state index contributed by atoms with van der Waals surface area (Å²) >= 11 is 5.64. The van der Waals surface area contributed by atoms with Gasteiger partial charge >= 0.3 is 12.1 Å². The Kier molecular flexibility index (Phi) is 6.47. The number of alkyl halides is 3. The van der Waals surface area contributed by atoms with Gasteiger partial charge in [-0.2, -0.15) is 13.2 Å². The zero-order valence-corrected chi connectivity index (χ0v) is 18.0. The van der Waals surface area contributed by atoms with Crippen molar-refractivity contribution in [1.82, 2.24) is 9.97 Å². The molecule has 2 aromatic carbocycles. The average Bonchev–Trinajstić information content (AvgIpc) is 2.83. The van der Waals surface area contributed by atoms with Crippen LogP contribution in [0, 0.1) is 0 Å². The van der Waals surface area contributed by atoms with Crippen LogP contribution in [0.25, 0.3) is 22.3 Å². The second-order valence-electron chi connectivity index (χ2n) is 7.10. The van der Waals surface area contributed by atoms with Crippen LogP contribution in [0.5, 0.6) is 0 Å². The first-order valence-electron chi connectivity index (χ1n) is 9.87. The minimum absolute atomic E-state index is 0.134. The van der Waals surface area contributed by atoms with Crippen LogP contribution in [-0.2, 0) is 15.7 Å². The van der Waals surface area contributed by atoms with Crippen molar-refractivity contribution in [2.75, 3.05) is 11.9 Å². The zero-order chi connectivity index (χ0) is 24.3. The molecule has 0 aliphatic rings. The minimum Gasteiger partial charge on any atom is -0.452 e. The van der Waals surface area contributed by atoms with Gasteiger partial charge in [0.05, 0.1) is 33.7 Å². The summed E-state index contributed by atoms with van der Waals surface area (Å²) in [5.74, 6) is -1.78. The van der Waals surface area contributed by atoms with Gasteiger partial charge in [0.2, 0.25) is 0 Å². The first-order chi connectivity index (χ1) is 16.2. The van der Waals surface area contributed by atoms with Crippen LogP contribution in [0.2, 0.25) is 5.02 Å². The molecule has 0 spiro atoms. The van der Waals surface area contributed by atoms with E-state index in [4.69, 9.17) is 16.3 Å². The Morgan fingerprint density at radius 3 is 2.47 bits per heavy atom. The van der Waals surface area contributed by atoms with E-state index in [1.807, 2.05) is 0 Å². The Balaban J connectivity index is 1.55. The van der Waals surface area contributed by atoms with Gasteiger partial charge in [0.15, 0.2) is 6.61 Å². The van der Waals surface area contributed by atoms with Crippen molar-refractivity contribution in [2.24, 2.45) is 0 Å².